The van der Waals surface area contributed by atoms with Crippen LogP contribution in [0.2, 0.25) is 5.02 Å². The van der Waals surface area contributed by atoms with Crippen molar-refractivity contribution < 1.29 is 19.8 Å². The van der Waals surface area contributed by atoms with E-state index in [0.29, 0.717) is 0 Å². The summed E-state index contributed by atoms with van der Waals surface area (Å²) in [5.41, 5.74) is 5.34. The molecule has 0 spiro atoms. The summed E-state index contributed by atoms with van der Waals surface area (Å²) in [6.07, 6.45) is 1.54. The number of carboxylic acid groups (broad SMARTS) is 2. The molecule has 1 heterocycles. The monoisotopic (exact) mass is 418 g/mol. The van der Waals surface area contributed by atoms with Crippen molar-refractivity contribution >= 4 is 29.2 Å². The first-order valence-electron chi connectivity index (χ1n) is 9.58. The molecular weight excluding hydrogens is 392 g/mol. The maximum atomic E-state index is 9.64. The number of anilines is 1. The molecule has 0 radical (unpaired) electrons. The van der Waals surface area contributed by atoms with Crippen LogP contribution in [0.15, 0.2) is 42.5 Å². The Bertz CT molecular complexity index is 813. The lowest BCUT2D eigenvalue weighted by molar-refractivity contribution is -0.143. The summed E-state index contributed by atoms with van der Waals surface area (Å²) in [4.78, 5) is 21.6. The predicted octanol–water partition coefficient (Wildman–Crippen LogP) is 3.60. The molecule has 29 heavy (non-hydrogen) atoms. The van der Waals surface area contributed by atoms with Gasteiger partial charge in [0.05, 0.1) is 23.6 Å². The SMILES string of the molecule is CN(Cc1ccccc1)c1c(Cl)ccc2c1CCNCC2.O=C(O)CCC(=O)O. The third-order valence-electron chi connectivity index (χ3n) is 4.65. The van der Waals surface area contributed by atoms with Crippen molar-refractivity contribution in [2.75, 3.05) is 25.0 Å². The quantitative estimate of drug-likeness (QED) is 0.664. The fourth-order valence-electron chi connectivity index (χ4n) is 3.29. The van der Waals surface area contributed by atoms with Gasteiger partial charge < -0.3 is 20.4 Å². The second kappa shape index (κ2) is 11.4. The molecule has 1 aliphatic heterocycles. The first kappa shape index (κ1) is 22.7. The second-order valence-electron chi connectivity index (χ2n) is 6.91. The third kappa shape index (κ3) is 7.40. The van der Waals surface area contributed by atoms with Gasteiger partial charge in [-0.1, -0.05) is 48.0 Å². The summed E-state index contributed by atoms with van der Waals surface area (Å²) in [6, 6.07) is 14.8. The number of carboxylic acids is 2. The van der Waals surface area contributed by atoms with Crippen LogP contribution < -0.4 is 10.2 Å². The largest absolute Gasteiger partial charge is 0.481 e. The fraction of sp³-hybridized carbons (Fsp3) is 0.364. The van der Waals surface area contributed by atoms with Crippen LogP contribution >= 0.6 is 11.6 Å². The smallest absolute Gasteiger partial charge is 0.303 e. The van der Waals surface area contributed by atoms with Crippen molar-refractivity contribution in [2.45, 2.75) is 32.2 Å². The van der Waals surface area contributed by atoms with Gasteiger partial charge >= 0.3 is 11.9 Å². The summed E-state index contributed by atoms with van der Waals surface area (Å²) in [6.45, 7) is 2.96. The minimum absolute atomic E-state index is 0.296. The average molecular weight is 419 g/mol. The lowest BCUT2D eigenvalue weighted by Gasteiger charge is -2.25. The number of rotatable bonds is 6. The van der Waals surface area contributed by atoms with Crippen LogP contribution in [0.4, 0.5) is 5.69 Å². The van der Waals surface area contributed by atoms with Gasteiger partial charge in [0.1, 0.15) is 0 Å². The molecule has 0 bridgehead atoms. The van der Waals surface area contributed by atoms with Crippen molar-refractivity contribution in [2.24, 2.45) is 0 Å². The Morgan fingerprint density at radius 2 is 1.62 bits per heavy atom. The maximum absolute atomic E-state index is 9.64. The van der Waals surface area contributed by atoms with Gasteiger partial charge in [-0.05, 0) is 48.7 Å². The lowest BCUT2D eigenvalue weighted by atomic mass is 10.00. The molecule has 0 amide bonds. The fourth-order valence-corrected chi connectivity index (χ4v) is 3.61. The van der Waals surface area contributed by atoms with E-state index in [4.69, 9.17) is 21.8 Å². The molecule has 0 aliphatic carbocycles. The van der Waals surface area contributed by atoms with Crippen LogP contribution in [0.5, 0.6) is 0 Å². The highest BCUT2D eigenvalue weighted by Gasteiger charge is 2.17. The zero-order valence-corrected chi connectivity index (χ0v) is 17.3. The second-order valence-corrected chi connectivity index (χ2v) is 7.32. The van der Waals surface area contributed by atoms with E-state index in [2.05, 4.69) is 53.7 Å². The molecule has 0 fully saturated rings. The molecule has 0 aromatic heterocycles. The number of nitrogens with one attached hydrogen (secondary N) is 1. The third-order valence-corrected chi connectivity index (χ3v) is 4.96. The van der Waals surface area contributed by atoms with E-state index in [-0.39, 0.29) is 12.8 Å². The molecule has 3 rings (SSSR count). The lowest BCUT2D eigenvalue weighted by Crippen LogP contribution is -2.20. The van der Waals surface area contributed by atoms with E-state index < -0.39 is 11.9 Å². The summed E-state index contributed by atoms with van der Waals surface area (Å²) in [7, 11) is 2.13. The van der Waals surface area contributed by atoms with Crippen LogP contribution in [0.25, 0.3) is 0 Å². The molecule has 2 aromatic carbocycles. The number of halogens is 1. The van der Waals surface area contributed by atoms with Crippen LogP contribution in [0.3, 0.4) is 0 Å². The van der Waals surface area contributed by atoms with E-state index in [1.54, 1.807) is 0 Å². The molecule has 0 atom stereocenters. The van der Waals surface area contributed by atoms with E-state index in [9.17, 15) is 9.59 Å². The Balaban J connectivity index is 0.000000321. The van der Waals surface area contributed by atoms with Gasteiger partial charge in [-0.15, -0.1) is 0 Å². The van der Waals surface area contributed by atoms with Gasteiger partial charge in [0, 0.05) is 13.6 Å². The Morgan fingerprint density at radius 3 is 2.24 bits per heavy atom. The molecule has 0 unspecified atom stereocenters. The van der Waals surface area contributed by atoms with Crippen LogP contribution in [0, 0.1) is 0 Å². The van der Waals surface area contributed by atoms with Gasteiger partial charge in [-0.3, -0.25) is 9.59 Å². The van der Waals surface area contributed by atoms with Gasteiger partial charge in [0.15, 0.2) is 0 Å². The standard InChI is InChI=1S/C18H21ClN2.C4H6O4/c1-21(13-14-5-3-2-4-6-14)18-16-10-12-20-11-9-15(16)7-8-17(18)19;5-3(6)1-2-4(7)8/h2-8,20H,9-13H2,1H3;1-2H2,(H,5,6)(H,7,8). The number of hydrogen-bond acceptors (Lipinski definition) is 4. The van der Waals surface area contributed by atoms with Crippen LogP contribution in [-0.2, 0) is 29.0 Å². The molecule has 0 saturated heterocycles. The van der Waals surface area contributed by atoms with Crippen LogP contribution in [-0.4, -0.2) is 42.3 Å². The first-order valence-corrected chi connectivity index (χ1v) is 9.96. The highest BCUT2D eigenvalue weighted by atomic mass is 35.5. The van der Waals surface area contributed by atoms with Crippen molar-refractivity contribution in [1.29, 1.82) is 0 Å². The maximum Gasteiger partial charge on any atom is 0.303 e. The number of hydrogen-bond donors (Lipinski definition) is 3. The van der Waals surface area contributed by atoms with Gasteiger partial charge in [-0.2, -0.15) is 0 Å². The Morgan fingerprint density at radius 1 is 1.00 bits per heavy atom. The summed E-state index contributed by atoms with van der Waals surface area (Å²) < 4.78 is 0. The number of nitrogens with zero attached hydrogens (tertiary/aromatic N) is 1. The Hall–Kier alpha value is -2.57. The summed E-state index contributed by atoms with van der Waals surface area (Å²) in [5, 5.41) is 20.1. The molecule has 7 heteroatoms. The highest BCUT2D eigenvalue weighted by molar-refractivity contribution is 6.33. The molecule has 1 aliphatic rings. The first-order chi connectivity index (χ1) is 13.9. The molecule has 3 N–H and O–H groups in total. The number of benzene rings is 2. The van der Waals surface area contributed by atoms with Crippen molar-refractivity contribution in [3.63, 3.8) is 0 Å². The highest BCUT2D eigenvalue weighted by Crippen LogP contribution is 2.34. The van der Waals surface area contributed by atoms with Crippen LogP contribution in [0.1, 0.15) is 29.5 Å². The number of carbonyl (C=O) groups is 2. The van der Waals surface area contributed by atoms with E-state index in [1.165, 1.54) is 22.4 Å². The van der Waals surface area contributed by atoms with E-state index in [1.807, 2.05) is 6.07 Å². The van der Waals surface area contributed by atoms with E-state index >= 15 is 0 Å². The molecule has 0 saturated carbocycles. The average Bonchev–Trinajstić information content (AvgIpc) is 2.93. The number of aliphatic carboxylic acids is 2. The topological polar surface area (TPSA) is 89.9 Å². The number of fused-ring (bicyclic) bond motifs is 1. The Labute approximate surface area is 176 Å². The minimum atomic E-state index is -1.08. The predicted molar refractivity (Wildman–Crippen MR) is 115 cm³/mol. The van der Waals surface area contributed by atoms with Crippen molar-refractivity contribution in [1.82, 2.24) is 5.32 Å². The summed E-state index contributed by atoms with van der Waals surface area (Å²) >= 11 is 6.51. The minimum Gasteiger partial charge on any atom is -0.481 e. The molecule has 156 valence electrons. The normalized spacial score (nSPS) is 12.8. The molecule has 2 aromatic rings. The van der Waals surface area contributed by atoms with Gasteiger partial charge in [0.2, 0.25) is 0 Å². The van der Waals surface area contributed by atoms with Gasteiger partial charge in [-0.25, -0.2) is 0 Å². The zero-order chi connectivity index (χ0) is 21.2. The molecule has 6 nitrogen and oxygen atoms in total. The van der Waals surface area contributed by atoms with Crippen molar-refractivity contribution in [3.05, 3.63) is 64.2 Å². The zero-order valence-electron chi connectivity index (χ0n) is 16.5. The Kier molecular flexibility index (Phi) is 8.96. The molecular formula is C22H27ClN2O4. The van der Waals surface area contributed by atoms with Crippen molar-refractivity contribution in [3.8, 4) is 0 Å². The summed E-state index contributed by atoms with van der Waals surface area (Å²) in [5.74, 6) is -2.15. The van der Waals surface area contributed by atoms with E-state index in [0.717, 1.165) is 37.5 Å². The van der Waals surface area contributed by atoms with Gasteiger partial charge in [0.25, 0.3) is 0 Å².